The molecule has 1 rings (SSSR count). The molecule has 0 saturated heterocycles. The zero-order chi connectivity index (χ0) is 12.8. The number of hydrogen-bond acceptors (Lipinski definition) is 3. The van der Waals surface area contributed by atoms with E-state index in [1.165, 1.54) is 7.11 Å². The predicted molar refractivity (Wildman–Crippen MR) is 67.7 cm³/mol. The second kappa shape index (κ2) is 6.47. The Labute approximate surface area is 106 Å². The van der Waals surface area contributed by atoms with Crippen LogP contribution >= 0.6 is 11.6 Å². The normalized spacial score (nSPS) is 12.0. The third-order valence-electron chi connectivity index (χ3n) is 2.22. The monoisotopic (exact) mass is 257 g/mol. The van der Waals surface area contributed by atoms with Gasteiger partial charge in [-0.1, -0.05) is 11.6 Å². The molecule has 0 aromatic heterocycles. The number of halogens is 1. The van der Waals surface area contributed by atoms with E-state index in [1.54, 1.807) is 25.1 Å². The van der Waals surface area contributed by atoms with E-state index in [9.17, 15) is 4.79 Å². The van der Waals surface area contributed by atoms with Crippen molar-refractivity contribution in [2.75, 3.05) is 19.0 Å². The number of rotatable bonds is 5. The van der Waals surface area contributed by atoms with Crippen LogP contribution in [0.2, 0.25) is 5.02 Å². The minimum Gasteiger partial charge on any atom is -0.492 e. The maximum atomic E-state index is 11.6. The number of hydrogen-bond donors (Lipinski definition) is 1. The molecule has 0 heterocycles. The lowest BCUT2D eigenvalue weighted by atomic mass is 10.3. The van der Waals surface area contributed by atoms with Crippen molar-refractivity contribution in [1.29, 1.82) is 0 Å². The molecule has 1 aromatic carbocycles. The van der Waals surface area contributed by atoms with E-state index < -0.39 is 6.10 Å². The number of anilines is 1. The standard InChI is InChI=1S/C12H16ClNO3/c1-4-17-11-6-5-9(7-10(11)13)14-12(15)8(2)16-3/h5-8H,4H2,1-3H3,(H,14,15). The van der Waals surface area contributed by atoms with Crippen LogP contribution in [0.15, 0.2) is 18.2 Å². The molecule has 0 aliphatic carbocycles. The van der Waals surface area contributed by atoms with Gasteiger partial charge in [0, 0.05) is 12.8 Å². The summed E-state index contributed by atoms with van der Waals surface area (Å²) in [5.74, 6) is 0.389. The SMILES string of the molecule is CCOc1ccc(NC(=O)C(C)OC)cc1Cl. The van der Waals surface area contributed by atoms with Crippen molar-refractivity contribution in [3.8, 4) is 5.75 Å². The summed E-state index contributed by atoms with van der Waals surface area (Å²) in [5, 5.41) is 3.17. The number of carbonyl (C=O) groups excluding carboxylic acids is 1. The first kappa shape index (κ1) is 13.8. The van der Waals surface area contributed by atoms with Gasteiger partial charge in [-0.15, -0.1) is 0 Å². The molecule has 1 atom stereocenters. The van der Waals surface area contributed by atoms with E-state index in [2.05, 4.69) is 5.32 Å². The Balaban J connectivity index is 2.73. The molecule has 1 aromatic rings. The Hall–Kier alpha value is -1.26. The van der Waals surface area contributed by atoms with Gasteiger partial charge in [-0.25, -0.2) is 0 Å². The van der Waals surface area contributed by atoms with Gasteiger partial charge in [-0.05, 0) is 32.0 Å². The molecule has 4 nitrogen and oxygen atoms in total. The quantitative estimate of drug-likeness (QED) is 0.882. The molecule has 0 bridgehead atoms. The van der Waals surface area contributed by atoms with Crippen LogP contribution in [0, 0.1) is 0 Å². The van der Waals surface area contributed by atoms with Crippen LogP contribution < -0.4 is 10.1 Å². The van der Waals surface area contributed by atoms with Gasteiger partial charge in [0.25, 0.3) is 5.91 Å². The molecule has 1 amide bonds. The van der Waals surface area contributed by atoms with Crippen LogP contribution in [0.5, 0.6) is 5.75 Å². The molecule has 5 heteroatoms. The van der Waals surface area contributed by atoms with E-state index in [1.807, 2.05) is 6.92 Å². The van der Waals surface area contributed by atoms with Crippen molar-refractivity contribution in [2.24, 2.45) is 0 Å². The third-order valence-corrected chi connectivity index (χ3v) is 2.52. The summed E-state index contributed by atoms with van der Waals surface area (Å²) in [7, 11) is 1.48. The molecule has 0 fully saturated rings. The first-order chi connectivity index (χ1) is 8.08. The Morgan fingerprint density at radius 2 is 2.24 bits per heavy atom. The van der Waals surface area contributed by atoms with Gasteiger partial charge in [0.15, 0.2) is 0 Å². The number of methoxy groups -OCH3 is 1. The lowest BCUT2D eigenvalue weighted by Crippen LogP contribution is -2.26. The van der Waals surface area contributed by atoms with Gasteiger partial charge >= 0.3 is 0 Å². The smallest absolute Gasteiger partial charge is 0.253 e. The fourth-order valence-electron chi connectivity index (χ4n) is 1.20. The van der Waals surface area contributed by atoms with Gasteiger partial charge in [-0.3, -0.25) is 4.79 Å². The lowest BCUT2D eigenvalue weighted by Gasteiger charge is -2.12. The largest absolute Gasteiger partial charge is 0.492 e. The summed E-state index contributed by atoms with van der Waals surface area (Å²) < 4.78 is 10.2. The second-order valence-corrected chi connectivity index (χ2v) is 3.85. The molecule has 0 spiro atoms. The number of benzene rings is 1. The molecule has 0 saturated carbocycles. The second-order valence-electron chi connectivity index (χ2n) is 3.45. The van der Waals surface area contributed by atoms with Crippen molar-refractivity contribution >= 4 is 23.2 Å². The summed E-state index contributed by atoms with van der Waals surface area (Å²) in [5.41, 5.74) is 0.618. The highest BCUT2D eigenvalue weighted by molar-refractivity contribution is 6.32. The first-order valence-electron chi connectivity index (χ1n) is 5.34. The topological polar surface area (TPSA) is 47.6 Å². The average molecular weight is 258 g/mol. The van der Waals surface area contributed by atoms with E-state index in [0.29, 0.717) is 23.1 Å². The molecule has 1 unspecified atom stereocenters. The summed E-state index contributed by atoms with van der Waals surface area (Å²) in [6.45, 7) is 4.10. The van der Waals surface area contributed by atoms with E-state index >= 15 is 0 Å². The predicted octanol–water partition coefficient (Wildman–Crippen LogP) is 2.71. The van der Waals surface area contributed by atoms with Crippen LogP contribution in [0.25, 0.3) is 0 Å². The molecule has 0 aliphatic rings. The maximum Gasteiger partial charge on any atom is 0.253 e. The Kier molecular flexibility index (Phi) is 5.25. The molecule has 0 aliphatic heterocycles. The Bertz CT molecular complexity index is 395. The molecule has 94 valence electrons. The van der Waals surface area contributed by atoms with E-state index in [4.69, 9.17) is 21.1 Å². The minimum absolute atomic E-state index is 0.215. The van der Waals surface area contributed by atoms with Crippen molar-refractivity contribution in [3.05, 3.63) is 23.2 Å². The van der Waals surface area contributed by atoms with Crippen molar-refractivity contribution in [2.45, 2.75) is 20.0 Å². The van der Waals surface area contributed by atoms with Crippen molar-refractivity contribution in [1.82, 2.24) is 0 Å². The molecular formula is C12H16ClNO3. The van der Waals surface area contributed by atoms with Crippen LogP contribution in [0.3, 0.4) is 0 Å². The number of ether oxygens (including phenoxy) is 2. The van der Waals surface area contributed by atoms with Crippen LogP contribution in [-0.2, 0) is 9.53 Å². The van der Waals surface area contributed by atoms with Gasteiger partial charge in [0.05, 0.1) is 11.6 Å². The van der Waals surface area contributed by atoms with Gasteiger partial charge in [-0.2, -0.15) is 0 Å². The van der Waals surface area contributed by atoms with E-state index in [-0.39, 0.29) is 5.91 Å². The third kappa shape index (κ3) is 3.91. The van der Waals surface area contributed by atoms with Gasteiger partial charge in [0.2, 0.25) is 0 Å². The lowest BCUT2D eigenvalue weighted by molar-refractivity contribution is -0.124. The fourth-order valence-corrected chi connectivity index (χ4v) is 1.44. The highest BCUT2D eigenvalue weighted by atomic mass is 35.5. The Morgan fingerprint density at radius 1 is 1.53 bits per heavy atom. The highest BCUT2D eigenvalue weighted by Gasteiger charge is 2.12. The Morgan fingerprint density at radius 3 is 2.76 bits per heavy atom. The average Bonchev–Trinajstić information content (AvgIpc) is 2.31. The zero-order valence-corrected chi connectivity index (χ0v) is 10.9. The fraction of sp³-hybridized carbons (Fsp3) is 0.417. The van der Waals surface area contributed by atoms with Crippen molar-refractivity contribution in [3.63, 3.8) is 0 Å². The summed E-state index contributed by atoms with van der Waals surface area (Å²) in [6.07, 6.45) is -0.500. The molecule has 1 N–H and O–H groups in total. The molecule has 0 radical (unpaired) electrons. The van der Waals surface area contributed by atoms with Crippen molar-refractivity contribution < 1.29 is 14.3 Å². The number of carbonyl (C=O) groups is 1. The summed E-state index contributed by atoms with van der Waals surface area (Å²) in [6, 6.07) is 5.10. The van der Waals surface area contributed by atoms with Gasteiger partial charge < -0.3 is 14.8 Å². The number of nitrogens with one attached hydrogen (secondary N) is 1. The molecule has 17 heavy (non-hydrogen) atoms. The maximum absolute atomic E-state index is 11.6. The number of amides is 1. The summed E-state index contributed by atoms with van der Waals surface area (Å²) >= 11 is 6.00. The minimum atomic E-state index is -0.500. The van der Waals surface area contributed by atoms with Crippen LogP contribution in [0.4, 0.5) is 5.69 Å². The highest BCUT2D eigenvalue weighted by Crippen LogP contribution is 2.27. The summed E-state index contributed by atoms with van der Waals surface area (Å²) in [4.78, 5) is 11.6. The zero-order valence-electron chi connectivity index (χ0n) is 10.1. The molecular weight excluding hydrogens is 242 g/mol. The van der Waals surface area contributed by atoms with Gasteiger partial charge in [0.1, 0.15) is 11.9 Å². The first-order valence-corrected chi connectivity index (χ1v) is 5.72. The van der Waals surface area contributed by atoms with E-state index in [0.717, 1.165) is 0 Å². The van der Waals surface area contributed by atoms with Crippen LogP contribution in [0.1, 0.15) is 13.8 Å². The van der Waals surface area contributed by atoms with Crippen LogP contribution in [-0.4, -0.2) is 25.7 Å².